The maximum Gasteiger partial charge on any atom is 0.200 e. The summed E-state index contributed by atoms with van der Waals surface area (Å²) in [6, 6.07) is 3.96. The van der Waals surface area contributed by atoms with Crippen molar-refractivity contribution in [3.05, 3.63) is 29.8 Å². The Morgan fingerprint density at radius 2 is 1.89 bits per heavy atom. The first-order valence-electron chi connectivity index (χ1n) is 6.92. The number of benzene rings is 1. The Morgan fingerprint density at radius 1 is 1.16 bits per heavy atom. The fourth-order valence-corrected chi connectivity index (χ4v) is 3.49. The third-order valence-corrected chi connectivity index (χ3v) is 4.71. The van der Waals surface area contributed by atoms with Gasteiger partial charge < -0.3 is 9.84 Å². The molecular weight excluding hydrogens is 250 g/mol. The van der Waals surface area contributed by atoms with Crippen molar-refractivity contribution in [2.45, 2.75) is 50.7 Å². The van der Waals surface area contributed by atoms with E-state index in [4.69, 9.17) is 4.74 Å². The molecule has 2 nitrogen and oxygen atoms in total. The first-order valence-corrected chi connectivity index (χ1v) is 6.92. The number of hydrogen-bond acceptors (Lipinski definition) is 2. The minimum absolute atomic E-state index is 0.0400. The molecule has 0 bridgehead atoms. The van der Waals surface area contributed by atoms with Crippen LogP contribution < -0.4 is 4.74 Å². The fraction of sp³-hybridized carbons (Fsp3) is 0.600. The van der Waals surface area contributed by atoms with Gasteiger partial charge in [-0.3, -0.25) is 0 Å². The highest BCUT2D eigenvalue weighted by molar-refractivity contribution is 5.26. The Hall–Kier alpha value is -1.16. The predicted molar refractivity (Wildman–Crippen MR) is 66.9 cm³/mol. The van der Waals surface area contributed by atoms with Gasteiger partial charge in [0.25, 0.3) is 0 Å². The van der Waals surface area contributed by atoms with E-state index in [1.165, 1.54) is 18.6 Å². The molecule has 19 heavy (non-hydrogen) atoms. The van der Waals surface area contributed by atoms with Gasteiger partial charge in [-0.05, 0) is 25.0 Å². The van der Waals surface area contributed by atoms with Crippen LogP contribution in [0.4, 0.5) is 8.78 Å². The molecule has 104 valence electrons. The zero-order chi connectivity index (χ0) is 13.5. The minimum atomic E-state index is -0.935. The van der Waals surface area contributed by atoms with Crippen LogP contribution in [0.2, 0.25) is 0 Å². The molecule has 0 amide bonds. The molecule has 2 saturated carbocycles. The maximum absolute atomic E-state index is 13.6. The van der Waals surface area contributed by atoms with E-state index in [0.29, 0.717) is 6.42 Å². The molecule has 1 aromatic carbocycles. The summed E-state index contributed by atoms with van der Waals surface area (Å²) in [7, 11) is 0. The topological polar surface area (TPSA) is 29.5 Å². The lowest BCUT2D eigenvalue weighted by Gasteiger charge is -2.55. The van der Waals surface area contributed by atoms with Crippen LogP contribution >= 0.6 is 0 Å². The van der Waals surface area contributed by atoms with Crippen LogP contribution in [0.1, 0.15) is 38.5 Å². The van der Waals surface area contributed by atoms with Crippen molar-refractivity contribution < 1.29 is 18.6 Å². The lowest BCUT2D eigenvalue weighted by Crippen LogP contribution is -2.60. The average Bonchev–Trinajstić information content (AvgIpc) is 2.44. The molecule has 2 unspecified atom stereocenters. The van der Waals surface area contributed by atoms with E-state index in [1.807, 2.05) is 0 Å². The summed E-state index contributed by atoms with van der Waals surface area (Å²) in [5.74, 6) is -1.87. The molecule has 2 aliphatic carbocycles. The highest BCUT2D eigenvalue weighted by atomic mass is 19.2. The van der Waals surface area contributed by atoms with Crippen LogP contribution in [-0.4, -0.2) is 17.3 Å². The summed E-state index contributed by atoms with van der Waals surface area (Å²) in [4.78, 5) is 0. The molecule has 1 aromatic rings. The normalized spacial score (nSPS) is 29.0. The molecular formula is C15H18F2O2. The smallest absolute Gasteiger partial charge is 0.200 e. The molecule has 0 radical (unpaired) electrons. The van der Waals surface area contributed by atoms with E-state index in [2.05, 4.69) is 0 Å². The van der Waals surface area contributed by atoms with Crippen LogP contribution in [0, 0.1) is 17.0 Å². The number of rotatable bonds is 2. The lowest BCUT2D eigenvalue weighted by atomic mass is 9.56. The molecule has 0 heterocycles. The molecule has 2 fully saturated rings. The van der Waals surface area contributed by atoms with E-state index < -0.39 is 11.6 Å². The summed E-state index contributed by atoms with van der Waals surface area (Å²) in [6.07, 6.45) is 5.09. The lowest BCUT2D eigenvalue weighted by molar-refractivity contribution is -0.172. The molecule has 0 aromatic heterocycles. The van der Waals surface area contributed by atoms with Crippen molar-refractivity contribution in [3.8, 4) is 5.75 Å². The van der Waals surface area contributed by atoms with Gasteiger partial charge in [0.1, 0.15) is 6.10 Å². The quantitative estimate of drug-likeness (QED) is 0.890. The Balaban J connectivity index is 1.78. The molecule has 0 saturated heterocycles. The van der Waals surface area contributed by atoms with Crippen LogP contribution in [0.5, 0.6) is 5.75 Å². The number of ether oxygens (including phenoxy) is 1. The SMILES string of the molecule is OC1CC(Oc2cccc(F)c2F)C12CCCCC2. The van der Waals surface area contributed by atoms with Gasteiger partial charge in [0.15, 0.2) is 11.6 Å². The highest BCUT2D eigenvalue weighted by Crippen LogP contribution is 2.53. The van der Waals surface area contributed by atoms with E-state index in [-0.39, 0.29) is 23.4 Å². The van der Waals surface area contributed by atoms with Crippen molar-refractivity contribution in [2.24, 2.45) is 5.41 Å². The van der Waals surface area contributed by atoms with Crippen molar-refractivity contribution in [1.29, 1.82) is 0 Å². The van der Waals surface area contributed by atoms with Gasteiger partial charge >= 0.3 is 0 Å². The molecule has 1 N–H and O–H groups in total. The van der Waals surface area contributed by atoms with E-state index in [0.717, 1.165) is 31.7 Å². The zero-order valence-corrected chi connectivity index (χ0v) is 10.7. The molecule has 4 heteroatoms. The number of aliphatic hydroxyl groups is 1. The van der Waals surface area contributed by atoms with E-state index in [9.17, 15) is 13.9 Å². The Bertz CT molecular complexity index is 469. The third-order valence-electron chi connectivity index (χ3n) is 4.71. The number of hydrogen-bond donors (Lipinski definition) is 1. The second kappa shape index (κ2) is 4.75. The van der Waals surface area contributed by atoms with Crippen molar-refractivity contribution >= 4 is 0 Å². The average molecular weight is 268 g/mol. The fourth-order valence-electron chi connectivity index (χ4n) is 3.49. The van der Waals surface area contributed by atoms with Gasteiger partial charge in [0, 0.05) is 11.8 Å². The standard InChI is InChI=1S/C15H18F2O2/c16-10-5-4-6-11(14(10)17)19-13-9-12(18)15(13)7-2-1-3-8-15/h4-6,12-13,18H,1-3,7-9H2. The van der Waals surface area contributed by atoms with Crippen LogP contribution in [0.15, 0.2) is 18.2 Å². The van der Waals surface area contributed by atoms with Gasteiger partial charge in [0.05, 0.1) is 6.10 Å². The number of halogens is 2. The number of aliphatic hydroxyl groups excluding tert-OH is 1. The minimum Gasteiger partial charge on any atom is -0.486 e. The van der Waals surface area contributed by atoms with E-state index >= 15 is 0 Å². The molecule has 2 aliphatic rings. The summed E-state index contributed by atoms with van der Waals surface area (Å²) in [5.41, 5.74) is -0.239. The van der Waals surface area contributed by atoms with Crippen LogP contribution in [0.3, 0.4) is 0 Å². The highest BCUT2D eigenvalue weighted by Gasteiger charge is 2.56. The van der Waals surface area contributed by atoms with E-state index in [1.54, 1.807) is 0 Å². The molecule has 3 rings (SSSR count). The van der Waals surface area contributed by atoms with Crippen molar-refractivity contribution in [3.63, 3.8) is 0 Å². The van der Waals surface area contributed by atoms with Gasteiger partial charge in [-0.25, -0.2) is 4.39 Å². The van der Waals surface area contributed by atoms with Crippen molar-refractivity contribution in [1.82, 2.24) is 0 Å². The van der Waals surface area contributed by atoms with Gasteiger partial charge in [-0.2, -0.15) is 4.39 Å². The second-order valence-electron chi connectivity index (χ2n) is 5.70. The van der Waals surface area contributed by atoms with Gasteiger partial charge in [-0.15, -0.1) is 0 Å². The summed E-state index contributed by atoms with van der Waals surface area (Å²) < 4.78 is 32.4. The third kappa shape index (κ3) is 2.02. The Morgan fingerprint density at radius 3 is 2.58 bits per heavy atom. The van der Waals surface area contributed by atoms with Gasteiger partial charge in [-0.1, -0.05) is 25.3 Å². The summed E-state index contributed by atoms with van der Waals surface area (Å²) in [6.45, 7) is 0. The largest absolute Gasteiger partial charge is 0.486 e. The second-order valence-corrected chi connectivity index (χ2v) is 5.70. The monoisotopic (exact) mass is 268 g/mol. The first kappa shape index (κ1) is 12.9. The van der Waals surface area contributed by atoms with Crippen LogP contribution in [0.25, 0.3) is 0 Å². The molecule has 0 aliphatic heterocycles. The Kier molecular flexibility index (Phi) is 3.21. The zero-order valence-electron chi connectivity index (χ0n) is 10.7. The van der Waals surface area contributed by atoms with Crippen LogP contribution in [-0.2, 0) is 0 Å². The summed E-state index contributed by atoms with van der Waals surface area (Å²) >= 11 is 0. The summed E-state index contributed by atoms with van der Waals surface area (Å²) in [5, 5.41) is 10.0. The predicted octanol–water partition coefficient (Wildman–Crippen LogP) is 3.43. The van der Waals surface area contributed by atoms with Crippen molar-refractivity contribution in [2.75, 3.05) is 0 Å². The maximum atomic E-state index is 13.6. The molecule has 2 atom stereocenters. The first-order chi connectivity index (χ1) is 9.13. The van der Waals surface area contributed by atoms with Gasteiger partial charge in [0.2, 0.25) is 5.82 Å². The Labute approximate surface area is 111 Å². The molecule has 1 spiro atoms.